The molecular weight excluding hydrogens is 386 g/mol. The van der Waals surface area contributed by atoms with Crippen LogP contribution in [0.5, 0.6) is 11.5 Å². The summed E-state index contributed by atoms with van der Waals surface area (Å²) in [6.45, 7) is 0.700. The highest BCUT2D eigenvalue weighted by molar-refractivity contribution is 5.80. The number of benzene rings is 1. The summed E-state index contributed by atoms with van der Waals surface area (Å²) < 4.78 is 18.2. The Kier molecular flexibility index (Phi) is 5.92. The normalized spacial score (nSPS) is 21.6. The van der Waals surface area contributed by atoms with Crippen molar-refractivity contribution in [1.29, 1.82) is 0 Å². The van der Waals surface area contributed by atoms with Gasteiger partial charge in [0.2, 0.25) is 0 Å². The zero-order valence-electron chi connectivity index (χ0n) is 17.3. The molecule has 1 saturated heterocycles. The number of hydrogen-bond donors (Lipinski definition) is 0. The van der Waals surface area contributed by atoms with E-state index in [9.17, 15) is 9.59 Å². The highest BCUT2D eigenvalue weighted by atomic mass is 16.5. The molecule has 1 aromatic carbocycles. The van der Waals surface area contributed by atoms with Crippen molar-refractivity contribution in [2.45, 2.75) is 37.7 Å². The number of esters is 1. The minimum absolute atomic E-state index is 0.188. The molecule has 0 N–H and O–H groups in total. The number of aromatic nitrogens is 2. The summed E-state index contributed by atoms with van der Waals surface area (Å²) in [6, 6.07) is 5.54. The van der Waals surface area contributed by atoms with Gasteiger partial charge in [-0.3, -0.25) is 9.36 Å². The first-order valence-electron chi connectivity index (χ1n) is 10.3. The van der Waals surface area contributed by atoms with Crippen molar-refractivity contribution in [2.24, 2.45) is 5.92 Å². The second kappa shape index (κ2) is 8.77. The van der Waals surface area contributed by atoms with E-state index in [2.05, 4.69) is 4.98 Å². The fourth-order valence-corrected chi connectivity index (χ4v) is 4.43. The zero-order chi connectivity index (χ0) is 21.1. The molecular formula is C22H27N3O5. The second-order valence-corrected chi connectivity index (χ2v) is 7.83. The van der Waals surface area contributed by atoms with Crippen LogP contribution in [0.4, 0.5) is 4.79 Å². The first kappa shape index (κ1) is 20.3. The molecule has 2 aromatic rings. The molecule has 2 atom stereocenters. The van der Waals surface area contributed by atoms with Gasteiger partial charge in [-0.05, 0) is 43.4 Å². The Morgan fingerprint density at radius 1 is 1.10 bits per heavy atom. The lowest BCUT2D eigenvalue weighted by Crippen LogP contribution is -2.33. The Labute approximate surface area is 175 Å². The molecule has 8 heteroatoms. The summed E-state index contributed by atoms with van der Waals surface area (Å²) in [5.74, 6) is 0.390. The van der Waals surface area contributed by atoms with E-state index in [0.29, 0.717) is 24.6 Å². The summed E-state index contributed by atoms with van der Waals surface area (Å²) >= 11 is 0. The lowest BCUT2D eigenvalue weighted by Gasteiger charge is -2.20. The Morgan fingerprint density at radius 2 is 1.90 bits per heavy atom. The van der Waals surface area contributed by atoms with E-state index in [-0.39, 0.29) is 24.0 Å². The van der Waals surface area contributed by atoms with Crippen molar-refractivity contribution >= 4 is 12.0 Å². The molecule has 1 aliphatic carbocycles. The van der Waals surface area contributed by atoms with Crippen LogP contribution >= 0.6 is 0 Å². The van der Waals surface area contributed by atoms with E-state index in [1.165, 1.54) is 30.8 Å². The second-order valence-electron chi connectivity index (χ2n) is 7.83. The van der Waals surface area contributed by atoms with Crippen molar-refractivity contribution < 1.29 is 23.8 Å². The van der Waals surface area contributed by atoms with Gasteiger partial charge in [0.05, 0.1) is 26.2 Å². The zero-order valence-corrected chi connectivity index (χ0v) is 17.3. The molecule has 1 aromatic heterocycles. The average Bonchev–Trinajstić information content (AvgIpc) is 3.54. The number of methoxy groups -OCH3 is 2. The van der Waals surface area contributed by atoms with Gasteiger partial charge in [0.15, 0.2) is 11.5 Å². The Balaban J connectivity index is 1.61. The number of rotatable bonds is 5. The molecule has 1 saturated carbocycles. The average molecular weight is 413 g/mol. The van der Waals surface area contributed by atoms with E-state index >= 15 is 0 Å². The number of likely N-dealkylation sites (tertiary alicyclic amines) is 1. The SMILES string of the molecule is COC(=O)C1CN(C(=O)n2ccnc2)CC1c1ccc(OC)c(OC2CCCC2)c1. The van der Waals surface area contributed by atoms with Gasteiger partial charge < -0.3 is 19.1 Å². The molecule has 2 aliphatic rings. The van der Waals surface area contributed by atoms with E-state index < -0.39 is 5.92 Å². The molecule has 1 amide bonds. The predicted octanol–water partition coefficient (Wildman–Crippen LogP) is 3.07. The topological polar surface area (TPSA) is 82.9 Å². The highest BCUT2D eigenvalue weighted by Gasteiger charge is 2.41. The van der Waals surface area contributed by atoms with Crippen molar-refractivity contribution in [3.8, 4) is 11.5 Å². The van der Waals surface area contributed by atoms with Gasteiger partial charge in [-0.2, -0.15) is 0 Å². The van der Waals surface area contributed by atoms with Gasteiger partial charge >= 0.3 is 12.0 Å². The van der Waals surface area contributed by atoms with Gasteiger partial charge in [-0.25, -0.2) is 9.78 Å². The maximum atomic E-state index is 12.8. The van der Waals surface area contributed by atoms with Crippen molar-refractivity contribution in [2.75, 3.05) is 27.3 Å². The molecule has 2 unspecified atom stereocenters. The number of ether oxygens (including phenoxy) is 3. The predicted molar refractivity (Wildman–Crippen MR) is 109 cm³/mol. The van der Waals surface area contributed by atoms with Crippen LogP contribution in [0.15, 0.2) is 36.9 Å². The molecule has 8 nitrogen and oxygen atoms in total. The standard InChI is InChI=1S/C22H27N3O5/c1-28-19-8-7-15(11-20(19)30-16-5-3-4-6-16)17-12-25(13-18(17)21(26)29-2)22(27)24-10-9-23-14-24/h7-11,14,16-18H,3-6,12-13H2,1-2H3. The fraction of sp³-hybridized carbons (Fsp3) is 0.500. The number of nitrogens with zero attached hydrogens (tertiary/aromatic N) is 3. The molecule has 160 valence electrons. The summed E-state index contributed by atoms with van der Waals surface area (Å²) in [7, 11) is 3.00. The van der Waals surface area contributed by atoms with Gasteiger partial charge in [-0.15, -0.1) is 0 Å². The van der Waals surface area contributed by atoms with Crippen molar-refractivity contribution in [3.63, 3.8) is 0 Å². The minimum Gasteiger partial charge on any atom is -0.493 e. The summed E-state index contributed by atoms with van der Waals surface area (Å²) in [5, 5.41) is 0. The van der Waals surface area contributed by atoms with E-state index in [4.69, 9.17) is 14.2 Å². The first-order chi connectivity index (χ1) is 14.6. The van der Waals surface area contributed by atoms with Crippen molar-refractivity contribution in [3.05, 3.63) is 42.5 Å². The number of amides is 1. The quantitative estimate of drug-likeness (QED) is 0.701. The largest absolute Gasteiger partial charge is 0.493 e. The number of carbonyl (C=O) groups is 2. The lowest BCUT2D eigenvalue weighted by atomic mass is 9.89. The molecule has 2 heterocycles. The molecule has 1 aliphatic heterocycles. The fourth-order valence-electron chi connectivity index (χ4n) is 4.43. The lowest BCUT2D eigenvalue weighted by molar-refractivity contribution is -0.145. The van der Waals surface area contributed by atoms with Gasteiger partial charge in [0.1, 0.15) is 6.33 Å². The van der Waals surface area contributed by atoms with Crippen LogP contribution in [0.3, 0.4) is 0 Å². The monoisotopic (exact) mass is 413 g/mol. The van der Waals surface area contributed by atoms with E-state index in [1.807, 2.05) is 18.2 Å². The maximum absolute atomic E-state index is 12.8. The summed E-state index contributed by atoms with van der Waals surface area (Å²) in [4.78, 5) is 30.9. The Hall–Kier alpha value is -3.03. The van der Waals surface area contributed by atoms with Crippen LogP contribution in [0.1, 0.15) is 37.2 Å². The van der Waals surface area contributed by atoms with Gasteiger partial charge in [0.25, 0.3) is 0 Å². The first-order valence-corrected chi connectivity index (χ1v) is 10.3. The summed E-state index contributed by atoms with van der Waals surface area (Å²) in [5.41, 5.74) is 0.931. The third-order valence-corrected chi connectivity index (χ3v) is 6.03. The summed E-state index contributed by atoms with van der Waals surface area (Å²) in [6.07, 6.45) is 9.22. The molecule has 0 radical (unpaired) electrons. The molecule has 4 rings (SSSR count). The van der Waals surface area contributed by atoms with Gasteiger partial charge in [0, 0.05) is 31.4 Å². The number of hydrogen-bond acceptors (Lipinski definition) is 6. The smallest absolute Gasteiger partial charge is 0.329 e. The van der Waals surface area contributed by atoms with Crippen LogP contribution in [-0.4, -0.2) is 59.9 Å². The third-order valence-electron chi connectivity index (χ3n) is 6.03. The Bertz CT molecular complexity index is 892. The van der Waals surface area contributed by atoms with Crippen LogP contribution in [-0.2, 0) is 9.53 Å². The highest BCUT2D eigenvalue weighted by Crippen LogP contribution is 2.39. The molecule has 0 bridgehead atoms. The minimum atomic E-state index is -0.449. The molecule has 30 heavy (non-hydrogen) atoms. The molecule has 2 fully saturated rings. The van der Waals surface area contributed by atoms with E-state index in [0.717, 1.165) is 18.4 Å². The van der Waals surface area contributed by atoms with Gasteiger partial charge in [-0.1, -0.05) is 6.07 Å². The maximum Gasteiger partial charge on any atom is 0.329 e. The van der Waals surface area contributed by atoms with Crippen LogP contribution < -0.4 is 9.47 Å². The number of imidazole rings is 1. The third kappa shape index (κ3) is 3.99. The van der Waals surface area contributed by atoms with Crippen LogP contribution in [0.25, 0.3) is 0 Å². The Morgan fingerprint density at radius 3 is 2.57 bits per heavy atom. The molecule has 0 spiro atoms. The van der Waals surface area contributed by atoms with E-state index in [1.54, 1.807) is 24.4 Å². The van der Waals surface area contributed by atoms with Crippen molar-refractivity contribution in [1.82, 2.24) is 14.5 Å². The van der Waals surface area contributed by atoms with Crippen LogP contribution in [0.2, 0.25) is 0 Å². The number of carbonyl (C=O) groups excluding carboxylic acids is 2. The van der Waals surface area contributed by atoms with Crippen LogP contribution in [0, 0.1) is 5.92 Å².